The summed E-state index contributed by atoms with van der Waals surface area (Å²) in [7, 11) is 0. The predicted octanol–water partition coefficient (Wildman–Crippen LogP) is 5.85. The van der Waals surface area contributed by atoms with Crippen LogP contribution < -0.4 is 0 Å². The molecule has 1 saturated heterocycles. The number of halogens is 1. The zero-order valence-electron chi connectivity index (χ0n) is 18.8. The van der Waals surface area contributed by atoms with Crippen molar-refractivity contribution in [1.82, 2.24) is 4.57 Å². The van der Waals surface area contributed by atoms with Crippen LogP contribution in [0.25, 0.3) is 22.4 Å². The number of ether oxygens (including phenoxy) is 1. The van der Waals surface area contributed by atoms with Crippen molar-refractivity contribution < 1.29 is 19.0 Å². The summed E-state index contributed by atoms with van der Waals surface area (Å²) in [5.41, 5.74) is 6.66. The highest BCUT2D eigenvalue weighted by Gasteiger charge is 2.29. The van der Waals surface area contributed by atoms with Crippen LogP contribution >= 0.6 is 0 Å². The molecule has 4 nitrogen and oxygen atoms in total. The second-order valence-electron chi connectivity index (χ2n) is 8.91. The summed E-state index contributed by atoms with van der Waals surface area (Å²) < 4.78 is 21.5. The van der Waals surface area contributed by atoms with Gasteiger partial charge in [0, 0.05) is 30.6 Å². The minimum Gasteiger partial charge on any atom is -0.462 e. The average molecular weight is 436 g/mol. The topological polar surface area (TPSA) is 51.5 Å². The molecule has 0 unspecified atom stereocenters. The molecule has 3 aromatic rings. The van der Waals surface area contributed by atoms with Crippen LogP contribution in [-0.4, -0.2) is 27.9 Å². The lowest BCUT2D eigenvalue weighted by Gasteiger charge is -2.27. The van der Waals surface area contributed by atoms with Gasteiger partial charge in [-0.1, -0.05) is 44.2 Å². The number of hydrogen-bond donors (Lipinski definition) is 1. The molecule has 2 atom stereocenters. The lowest BCUT2D eigenvalue weighted by atomic mass is 9.96. The first kappa shape index (κ1) is 22.3. The van der Waals surface area contributed by atoms with E-state index in [1.165, 1.54) is 23.4 Å². The van der Waals surface area contributed by atoms with E-state index in [0.717, 1.165) is 22.4 Å². The second-order valence-corrected chi connectivity index (χ2v) is 8.91. The lowest BCUT2D eigenvalue weighted by Crippen LogP contribution is -2.33. The van der Waals surface area contributed by atoms with Crippen molar-refractivity contribution >= 4 is 5.97 Å². The maximum atomic E-state index is 13.7. The molecule has 32 heavy (non-hydrogen) atoms. The van der Waals surface area contributed by atoms with Crippen LogP contribution in [0.5, 0.6) is 0 Å². The summed E-state index contributed by atoms with van der Waals surface area (Å²) in [4.78, 5) is 11.8. The predicted molar refractivity (Wildman–Crippen MR) is 124 cm³/mol. The first-order valence-electron chi connectivity index (χ1n) is 11.3. The van der Waals surface area contributed by atoms with E-state index in [1.54, 1.807) is 0 Å². The molecule has 0 saturated carbocycles. The van der Waals surface area contributed by atoms with Crippen molar-refractivity contribution in [1.29, 1.82) is 0 Å². The highest BCUT2D eigenvalue weighted by Crippen LogP contribution is 2.41. The number of carbonyl (C=O) groups excluding carboxylic acids is 1. The van der Waals surface area contributed by atoms with Crippen LogP contribution in [0.2, 0.25) is 0 Å². The van der Waals surface area contributed by atoms with Gasteiger partial charge < -0.3 is 14.4 Å². The number of aliphatic hydroxyl groups is 1. The zero-order valence-corrected chi connectivity index (χ0v) is 18.8. The Morgan fingerprint density at radius 3 is 2.41 bits per heavy atom. The molecule has 1 fully saturated rings. The maximum Gasteiger partial charge on any atom is 0.308 e. The van der Waals surface area contributed by atoms with Gasteiger partial charge in [0.15, 0.2) is 0 Å². The number of aromatic nitrogens is 1. The lowest BCUT2D eigenvalue weighted by molar-refractivity contribution is -0.160. The Kier molecular flexibility index (Phi) is 6.47. The smallest absolute Gasteiger partial charge is 0.308 e. The number of benzene rings is 2. The molecule has 0 amide bonds. The molecule has 1 N–H and O–H groups in total. The van der Waals surface area contributed by atoms with Gasteiger partial charge >= 0.3 is 5.97 Å². The number of nitrogens with zero attached hydrogens (tertiary/aromatic N) is 1. The van der Waals surface area contributed by atoms with Crippen LogP contribution in [-0.2, 0) is 16.1 Å². The fourth-order valence-electron chi connectivity index (χ4n) is 4.92. The number of cyclic esters (lactones) is 1. The standard InChI is InChI=1S/C27H30FNO3/c1-17(2)26-18(3)25(19-7-5-4-6-8-19)27(20-9-11-21(28)12-10-20)29(26)14-13-23-15-22(30)16-24(31)32-23/h4-12,17,22-23,30H,13-16H2,1-3H3/t22-,23-/m0/s1. The molecule has 5 heteroatoms. The van der Waals surface area contributed by atoms with Gasteiger partial charge in [0.25, 0.3) is 0 Å². The Bertz CT molecular complexity index is 1090. The summed E-state index contributed by atoms with van der Waals surface area (Å²) in [6, 6.07) is 16.9. The number of esters is 1. The molecule has 0 aliphatic carbocycles. The van der Waals surface area contributed by atoms with E-state index in [1.807, 2.05) is 30.3 Å². The summed E-state index contributed by atoms with van der Waals surface area (Å²) in [5, 5.41) is 10.0. The fourth-order valence-corrected chi connectivity index (χ4v) is 4.92. The van der Waals surface area contributed by atoms with Crippen LogP contribution in [0.1, 0.15) is 50.3 Å². The molecule has 168 valence electrons. The van der Waals surface area contributed by atoms with E-state index in [-0.39, 0.29) is 30.2 Å². The Hall–Kier alpha value is -2.92. The Labute approximate surface area is 188 Å². The zero-order chi connectivity index (χ0) is 22.8. The van der Waals surface area contributed by atoms with Crippen molar-refractivity contribution in [2.45, 2.75) is 64.7 Å². The highest BCUT2D eigenvalue weighted by atomic mass is 19.1. The van der Waals surface area contributed by atoms with Crippen molar-refractivity contribution in [3.05, 3.63) is 71.7 Å². The van der Waals surface area contributed by atoms with Crippen LogP contribution in [0.3, 0.4) is 0 Å². The number of aliphatic hydroxyl groups excluding tert-OH is 1. The third-order valence-electron chi connectivity index (χ3n) is 6.19. The first-order chi connectivity index (χ1) is 15.3. The molecule has 0 radical (unpaired) electrons. The van der Waals surface area contributed by atoms with Gasteiger partial charge in [0.2, 0.25) is 0 Å². The molecule has 2 aromatic carbocycles. The molecule has 0 spiro atoms. The molecule has 1 aliphatic rings. The first-order valence-corrected chi connectivity index (χ1v) is 11.3. The van der Waals surface area contributed by atoms with E-state index in [4.69, 9.17) is 4.74 Å². The van der Waals surface area contributed by atoms with Crippen LogP contribution in [0.4, 0.5) is 4.39 Å². The van der Waals surface area contributed by atoms with E-state index in [0.29, 0.717) is 19.4 Å². The van der Waals surface area contributed by atoms with E-state index >= 15 is 0 Å². The second kappa shape index (κ2) is 9.29. The molecule has 0 bridgehead atoms. The summed E-state index contributed by atoms with van der Waals surface area (Å²) in [5.74, 6) is -0.339. The van der Waals surface area contributed by atoms with E-state index < -0.39 is 6.10 Å². The van der Waals surface area contributed by atoms with Crippen LogP contribution in [0.15, 0.2) is 54.6 Å². The summed E-state index contributed by atoms with van der Waals surface area (Å²) in [6.07, 6.45) is 0.179. The van der Waals surface area contributed by atoms with Crippen molar-refractivity contribution in [3.63, 3.8) is 0 Å². The van der Waals surface area contributed by atoms with E-state index in [2.05, 4.69) is 37.5 Å². The monoisotopic (exact) mass is 435 g/mol. The van der Waals surface area contributed by atoms with Gasteiger partial charge in [0.1, 0.15) is 11.9 Å². The van der Waals surface area contributed by atoms with Gasteiger partial charge in [-0.2, -0.15) is 0 Å². The normalized spacial score (nSPS) is 18.8. The van der Waals surface area contributed by atoms with E-state index in [9.17, 15) is 14.3 Å². The Balaban J connectivity index is 1.83. The molecule has 2 heterocycles. The average Bonchev–Trinajstić information content (AvgIpc) is 3.05. The Morgan fingerprint density at radius 1 is 1.09 bits per heavy atom. The summed E-state index contributed by atoms with van der Waals surface area (Å²) >= 11 is 0. The van der Waals surface area contributed by atoms with Gasteiger partial charge in [0.05, 0.1) is 18.2 Å². The molecule has 1 aromatic heterocycles. The van der Waals surface area contributed by atoms with Gasteiger partial charge in [-0.15, -0.1) is 0 Å². The molecular weight excluding hydrogens is 405 g/mol. The maximum absolute atomic E-state index is 13.7. The fraction of sp³-hybridized carbons (Fsp3) is 0.370. The number of carbonyl (C=O) groups is 1. The highest BCUT2D eigenvalue weighted by molar-refractivity contribution is 5.85. The molecule has 4 rings (SSSR count). The van der Waals surface area contributed by atoms with Crippen molar-refractivity contribution in [2.75, 3.05) is 0 Å². The van der Waals surface area contributed by atoms with Gasteiger partial charge in [-0.3, -0.25) is 4.79 Å². The third kappa shape index (κ3) is 4.49. The third-order valence-corrected chi connectivity index (χ3v) is 6.19. The van der Waals surface area contributed by atoms with Gasteiger partial charge in [-0.05, 0) is 53.8 Å². The minimum absolute atomic E-state index is 0.0648. The number of hydrogen-bond acceptors (Lipinski definition) is 3. The summed E-state index contributed by atoms with van der Waals surface area (Å²) in [6.45, 7) is 7.13. The van der Waals surface area contributed by atoms with Crippen molar-refractivity contribution in [3.8, 4) is 22.4 Å². The Morgan fingerprint density at radius 2 is 1.78 bits per heavy atom. The SMILES string of the molecule is Cc1c(-c2ccccc2)c(-c2ccc(F)cc2)n(CC[C@H]2C[C@H](O)CC(=O)O2)c1C(C)C. The molecule has 1 aliphatic heterocycles. The minimum atomic E-state index is -0.645. The van der Waals surface area contributed by atoms with Crippen molar-refractivity contribution in [2.24, 2.45) is 0 Å². The quantitative estimate of drug-likeness (QED) is 0.494. The van der Waals surface area contributed by atoms with Crippen LogP contribution in [0, 0.1) is 12.7 Å². The molecular formula is C27H30FNO3. The number of rotatable bonds is 6. The largest absolute Gasteiger partial charge is 0.462 e. The van der Waals surface area contributed by atoms with Gasteiger partial charge in [-0.25, -0.2) is 4.39 Å².